The Morgan fingerprint density at radius 3 is 2.75 bits per heavy atom. The highest BCUT2D eigenvalue weighted by molar-refractivity contribution is 7.89. The number of piperidine rings is 1. The fourth-order valence-corrected chi connectivity index (χ4v) is 4.36. The number of fused-ring (bicyclic) bond motifs is 1. The molecular weight excluding hydrogens is 276 g/mol. The molecular formula is C14H20N2O3S. The van der Waals surface area contributed by atoms with Gasteiger partial charge in [-0.15, -0.1) is 0 Å². The van der Waals surface area contributed by atoms with Crippen LogP contribution in [0.5, 0.6) is 0 Å². The second kappa shape index (κ2) is 5.35. The van der Waals surface area contributed by atoms with E-state index in [-0.39, 0.29) is 6.10 Å². The maximum Gasteiger partial charge on any atom is 0.243 e. The molecule has 6 heteroatoms. The zero-order valence-electron chi connectivity index (χ0n) is 11.4. The van der Waals surface area contributed by atoms with Crippen molar-refractivity contribution in [3.63, 3.8) is 0 Å². The number of nitrogens with zero attached hydrogens (tertiary/aromatic N) is 1. The lowest BCUT2D eigenvalue weighted by Gasteiger charge is -2.29. The molecule has 0 unspecified atom stereocenters. The van der Waals surface area contributed by atoms with E-state index in [0.29, 0.717) is 30.8 Å². The number of benzene rings is 1. The summed E-state index contributed by atoms with van der Waals surface area (Å²) >= 11 is 0. The molecule has 2 heterocycles. The van der Waals surface area contributed by atoms with Gasteiger partial charge in [-0.1, -0.05) is 0 Å². The van der Waals surface area contributed by atoms with Crippen molar-refractivity contribution in [1.29, 1.82) is 0 Å². The van der Waals surface area contributed by atoms with E-state index in [0.717, 1.165) is 30.6 Å². The zero-order valence-corrected chi connectivity index (χ0v) is 12.2. The third-order valence-electron chi connectivity index (χ3n) is 4.08. The van der Waals surface area contributed by atoms with Crippen LogP contribution in [0.25, 0.3) is 0 Å². The number of aryl methyl sites for hydroxylation is 1. The summed E-state index contributed by atoms with van der Waals surface area (Å²) in [7, 11) is -3.42. The first-order valence-electron chi connectivity index (χ1n) is 7.12. The Labute approximate surface area is 119 Å². The van der Waals surface area contributed by atoms with Gasteiger partial charge in [-0.2, -0.15) is 4.31 Å². The molecule has 2 N–H and O–H groups in total. The summed E-state index contributed by atoms with van der Waals surface area (Å²) in [4.78, 5) is 0.372. The predicted molar refractivity (Wildman–Crippen MR) is 77.3 cm³/mol. The van der Waals surface area contributed by atoms with Gasteiger partial charge in [0.1, 0.15) is 0 Å². The van der Waals surface area contributed by atoms with Gasteiger partial charge < -0.3 is 10.4 Å². The van der Waals surface area contributed by atoms with Gasteiger partial charge in [0.15, 0.2) is 0 Å². The molecule has 2 aliphatic rings. The van der Waals surface area contributed by atoms with Gasteiger partial charge in [0.05, 0.1) is 11.0 Å². The molecule has 0 aromatic heterocycles. The van der Waals surface area contributed by atoms with Crippen LogP contribution in [0.4, 0.5) is 5.69 Å². The monoisotopic (exact) mass is 296 g/mol. The number of hydrogen-bond donors (Lipinski definition) is 2. The predicted octanol–water partition coefficient (Wildman–Crippen LogP) is 1.19. The number of aliphatic hydroxyl groups excluding tert-OH is 1. The van der Waals surface area contributed by atoms with Crippen molar-refractivity contribution in [2.24, 2.45) is 0 Å². The highest BCUT2D eigenvalue weighted by atomic mass is 32.2. The van der Waals surface area contributed by atoms with Crippen molar-refractivity contribution in [1.82, 2.24) is 4.31 Å². The zero-order chi connectivity index (χ0) is 14.2. The molecule has 0 aliphatic carbocycles. The smallest absolute Gasteiger partial charge is 0.243 e. The molecule has 0 radical (unpaired) electrons. The Morgan fingerprint density at radius 1 is 1.25 bits per heavy atom. The average Bonchev–Trinajstić information content (AvgIpc) is 2.47. The molecule has 110 valence electrons. The van der Waals surface area contributed by atoms with Crippen LogP contribution in [0.15, 0.2) is 23.1 Å². The van der Waals surface area contributed by atoms with Crippen LogP contribution in [-0.4, -0.2) is 43.6 Å². The van der Waals surface area contributed by atoms with E-state index in [4.69, 9.17) is 0 Å². The van der Waals surface area contributed by atoms with E-state index >= 15 is 0 Å². The van der Waals surface area contributed by atoms with Crippen LogP contribution in [-0.2, 0) is 16.4 Å². The van der Waals surface area contributed by atoms with Crippen molar-refractivity contribution >= 4 is 15.7 Å². The van der Waals surface area contributed by atoms with E-state index in [2.05, 4.69) is 5.32 Å². The topological polar surface area (TPSA) is 69.6 Å². The van der Waals surface area contributed by atoms with Gasteiger partial charge in [0, 0.05) is 25.3 Å². The van der Waals surface area contributed by atoms with E-state index in [9.17, 15) is 13.5 Å². The first-order valence-corrected chi connectivity index (χ1v) is 8.56. The maximum atomic E-state index is 12.6. The van der Waals surface area contributed by atoms with Crippen LogP contribution in [0, 0.1) is 0 Å². The fourth-order valence-electron chi connectivity index (χ4n) is 2.84. The minimum Gasteiger partial charge on any atom is -0.393 e. The number of rotatable bonds is 2. The van der Waals surface area contributed by atoms with Crippen LogP contribution in [0.3, 0.4) is 0 Å². The molecule has 0 amide bonds. The fraction of sp³-hybridized carbons (Fsp3) is 0.571. The minimum atomic E-state index is -3.42. The molecule has 3 rings (SSSR count). The number of nitrogens with one attached hydrogen (secondary N) is 1. The highest BCUT2D eigenvalue weighted by Crippen LogP contribution is 2.27. The maximum absolute atomic E-state index is 12.6. The Hall–Kier alpha value is -1.11. The highest BCUT2D eigenvalue weighted by Gasteiger charge is 2.29. The Morgan fingerprint density at radius 2 is 2.00 bits per heavy atom. The van der Waals surface area contributed by atoms with Gasteiger partial charge in [0.2, 0.25) is 10.0 Å². The van der Waals surface area contributed by atoms with Crippen LogP contribution >= 0.6 is 0 Å². The van der Waals surface area contributed by atoms with E-state index < -0.39 is 10.0 Å². The third kappa shape index (κ3) is 2.55. The SMILES string of the molecule is O=S(=O)(c1ccc2c(c1)CCCN2)N1CCC(O)CC1. The van der Waals surface area contributed by atoms with Crippen LogP contribution < -0.4 is 5.32 Å². The second-order valence-corrected chi connectivity index (χ2v) is 7.42. The minimum absolute atomic E-state index is 0.366. The summed E-state index contributed by atoms with van der Waals surface area (Å²) in [6, 6.07) is 5.33. The number of hydrogen-bond acceptors (Lipinski definition) is 4. The average molecular weight is 296 g/mol. The van der Waals surface area contributed by atoms with E-state index in [1.807, 2.05) is 6.07 Å². The van der Waals surface area contributed by atoms with Gasteiger partial charge in [-0.3, -0.25) is 0 Å². The molecule has 0 saturated carbocycles. The lowest BCUT2D eigenvalue weighted by molar-refractivity contribution is 0.113. The van der Waals surface area contributed by atoms with E-state index in [1.54, 1.807) is 12.1 Å². The molecule has 2 aliphatic heterocycles. The molecule has 1 fully saturated rings. The number of anilines is 1. The van der Waals surface area contributed by atoms with Crippen molar-refractivity contribution in [2.75, 3.05) is 25.0 Å². The molecule has 0 bridgehead atoms. The number of aliphatic hydroxyl groups is 1. The van der Waals surface area contributed by atoms with Gasteiger partial charge in [-0.25, -0.2) is 8.42 Å². The molecule has 20 heavy (non-hydrogen) atoms. The van der Waals surface area contributed by atoms with Gasteiger partial charge >= 0.3 is 0 Å². The van der Waals surface area contributed by atoms with Crippen molar-refractivity contribution in [2.45, 2.75) is 36.7 Å². The normalized spacial score (nSPS) is 21.2. The standard InChI is InChI=1S/C14H20N2O3S/c17-12-5-8-16(9-6-12)20(18,19)13-3-4-14-11(10-13)2-1-7-15-14/h3-4,10,12,15,17H,1-2,5-9H2. The number of sulfonamides is 1. The first kappa shape index (κ1) is 13.9. The Kier molecular flexibility index (Phi) is 3.70. The lowest BCUT2D eigenvalue weighted by atomic mass is 10.0. The summed E-state index contributed by atoms with van der Waals surface area (Å²) in [5.74, 6) is 0. The Bertz CT molecular complexity index is 592. The van der Waals surface area contributed by atoms with Crippen LogP contribution in [0.1, 0.15) is 24.8 Å². The first-order chi connectivity index (χ1) is 9.57. The van der Waals surface area contributed by atoms with Gasteiger partial charge in [-0.05, 0) is 49.4 Å². The molecule has 0 spiro atoms. The summed E-state index contributed by atoms with van der Waals surface area (Å²) in [6.07, 6.45) is 2.63. The van der Waals surface area contributed by atoms with Crippen LogP contribution in [0.2, 0.25) is 0 Å². The quantitative estimate of drug-likeness (QED) is 0.860. The largest absolute Gasteiger partial charge is 0.393 e. The summed E-state index contributed by atoms with van der Waals surface area (Å²) in [5, 5.41) is 12.8. The molecule has 5 nitrogen and oxygen atoms in total. The summed E-state index contributed by atoms with van der Waals surface area (Å²) < 4.78 is 26.7. The Balaban J connectivity index is 1.87. The van der Waals surface area contributed by atoms with E-state index in [1.165, 1.54) is 4.31 Å². The van der Waals surface area contributed by atoms with Crippen molar-refractivity contribution in [3.8, 4) is 0 Å². The molecule has 1 aromatic carbocycles. The molecule has 1 aromatic rings. The van der Waals surface area contributed by atoms with Crippen molar-refractivity contribution < 1.29 is 13.5 Å². The van der Waals surface area contributed by atoms with Gasteiger partial charge in [0.25, 0.3) is 0 Å². The lowest BCUT2D eigenvalue weighted by Crippen LogP contribution is -2.40. The molecule has 1 saturated heterocycles. The molecule has 0 atom stereocenters. The van der Waals surface area contributed by atoms with Crippen molar-refractivity contribution in [3.05, 3.63) is 23.8 Å². The third-order valence-corrected chi connectivity index (χ3v) is 5.97. The summed E-state index contributed by atoms with van der Waals surface area (Å²) in [5.41, 5.74) is 2.12. The second-order valence-electron chi connectivity index (χ2n) is 5.48. The summed E-state index contributed by atoms with van der Waals surface area (Å²) in [6.45, 7) is 1.75.